The van der Waals surface area contributed by atoms with Crippen LogP contribution in [0.2, 0.25) is 0 Å². The van der Waals surface area contributed by atoms with Gasteiger partial charge in [-0.3, -0.25) is 4.90 Å². The van der Waals surface area contributed by atoms with Crippen LogP contribution in [0.3, 0.4) is 0 Å². The van der Waals surface area contributed by atoms with Crippen molar-refractivity contribution < 1.29 is 14.2 Å². The van der Waals surface area contributed by atoms with E-state index in [4.69, 9.17) is 19.9 Å². The third-order valence-corrected chi connectivity index (χ3v) is 4.95. The summed E-state index contributed by atoms with van der Waals surface area (Å²) in [5, 5.41) is 0. The maximum absolute atomic E-state index is 6.17. The van der Waals surface area contributed by atoms with Crippen LogP contribution in [0.15, 0.2) is 18.2 Å². The van der Waals surface area contributed by atoms with Crippen molar-refractivity contribution >= 4 is 0 Å². The number of likely N-dealkylation sites (tertiary alicyclic amines) is 1. The fraction of sp³-hybridized carbons (Fsp3) is 0.667. The molecule has 2 fully saturated rings. The Bertz CT molecular complexity index is 517. The Morgan fingerprint density at radius 2 is 2.26 bits per heavy atom. The Morgan fingerprint density at radius 3 is 2.91 bits per heavy atom. The fourth-order valence-electron chi connectivity index (χ4n) is 3.73. The number of para-hydroxylation sites is 1. The summed E-state index contributed by atoms with van der Waals surface area (Å²) in [6, 6.07) is 6.53. The van der Waals surface area contributed by atoms with Gasteiger partial charge >= 0.3 is 0 Å². The first-order valence-corrected chi connectivity index (χ1v) is 8.54. The lowest BCUT2D eigenvalue weighted by molar-refractivity contribution is 0.00633. The lowest BCUT2D eigenvalue weighted by Gasteiger charge is -2.27. The average molecular weight is 320 g/mol. The second-order valence-electron chi connectivity index (χ2n) is 6.63. The van der Waals surface area contributed by atoms with Gasteiger partial charge in [0.1, 0.15) is 6.10 Å². The summed E-state index contributed by atoms with van der Waals surface area (Å²) < 4.78 is 17.4. The molecule has 3 unspecified atom stereocenters. The minimum absolute atomic E-state index is 0.117. The summed E-state index contributed by atoms with van der Waals surface area (Å²) in [5.41, 5.74) is 7.06. The molecule has 2 aliphatic rings. The number of benzene rings is 1. The van der Waals surface area contributed by atoms with Gasteiger partial charge in [-0.1, -0.05) is 12.1 Å². The maximum Gasteiger partial charge on any atom is 0.165 e. The third-order valence-electron chi connectivity index (χ3n) is 4.95. The van der Waals surface area contributed by atoms with E-state index in [0.29, 0.717) is 18.6 Å². The molecule has 5 nitrogen and oxygen atoms in total. The van der Waals surface area contributed by atoms with E-state index in [2.05, 4.69) is 24.1 Å². The number of methoxy groups -OCH3 is 1. The third kappa shape index (κ3) is 3.62. The van der Waals surface area contributed by atoms with Gasteiger partial charge in [0.2, 0.25) is 0 Å². The van der Waals surface area contributed by atoms with Crippen LogP contribution >= 0.6 is 0 Å². The molecule has 0 amide bonds. The number of hydrogen-bond donors (Lipinski definition) is 1. The predicted molar refractivity (Wildman–Crippen MR) is 90.0 cm³/mol. The first-order chi connectivity index (χ1) is 11.2. The van der Waals surface area contributed by atoms with E-state index in [9.17, 15) is 0 Å². The first-order valence-electron chi connectivity index (χ1n) is 8.54. The van der Waals surface area contributed by atoms with Gasteiger partial charge in [-0.25, -0.2) is 0 Å². The molecule has 3 rings (SSSR count). The zero-order chi connectivity index (χ0) is 16.2. The molecule has 0 radical (unpaired) electrons. The van der Waals surface area contributed by atoms with E-state index < -0.39 is 0 Å². The van der Waals surface area contributed by atoms with Crippen LogP contribution in [0.5, 0.6) is 11.5 Å². The first kappa shape index (κ1) is 16.6. The molecule has 5 heteroatoms. The van der Waals surface area contributed by atoms with E-state index in [1.165, 1.54) is 5.56 Å². The molecule has 3 atom stereocenters. The van der Waals surface area contributed by atoms with Gasteiger partial charge in [0.05, 0.1) is 13.7 Å². The molecule has 0 spiro atoms. The number of hydrogen-bond acceptors (Lipinski definition) is 5. The van der Waals surface area contributed by atoms with Gasteiger partial charge < -0.3 is 19.9 Å². The highest BCUT2D eigenvalue weighted by atomic mass is 16.5. The Balaban J connectivity index is 1.82. The molecule has 2 N–H and O–H groups in total. The predicted octanol–water partition coefficient (Wildman–Crippen LogP) is 2.20. The molecule has 1 aromatic rings. The van der Waals surface area contributed by atoms with Gasteiger partial charge in [-0.2, -0.15) is 0 Å². The number of nitrogens with two attached hydrogens (primary N) is 1. The minimum Gasteiger partial charge on any atom is -0.493 e. The molecule has 0 aliphatic carbocycles. The second-order valence-corrected chi connectivity index (χ2v) is 6.63. The monoisotopic (exact) mass is 320 g/mol. The van der Waals surface area contributed by atoms with Crippen LogP contribution in [0.25, 0.3) is 0 Å². The van der Waals surface area contributed by atoms with E-state index in [0.717, 1.165) is 50.5 Å². The molecule has 2 saturated heterocycles. The SMILES string of the molecule is COc1c(OC2CCCOC2)cccc1C1CC(CN)CN1C. The standard InChI is InChI=1S/C18H28N2O3/c1-20-11-13(10-19)9-16(20)15-6-3-7-17(18(15)21-2)23-14-5-4-8-22-12-14/h3,6-7,13-14,16H,4-5,8-12,19H2,1-2H3. The molecule has 2 aliphatic heterocycles. The summed E-state index contributed by atoms with van der Waals surface area (Å²) in [7, 11) is 3.88. The largest absolute Gasteiger partial charge is 0.493 e. The van der Waals surface area contributed by atoms with Crippen molar-refractivity contribution in [1.82, 2.24) is 4.90 Å². The van der Waals surface area contributed by atoms with Gasteiger partial charge in [-0.15, -0.1) is 0 Å². The smallest absolute Gasteiger partial charge is 0.165 e. The van der Waals surface area contributed by atoms with E-state index in [1.807, 2.05) is 6.07 Å². The van der Waals surface area contributed by atoms with Crippen LogP contribution in [-0.4, -0.2) is 51.5 Å². The summed E-state index contributed by atoms with van der Waals surface area (Å²) in [6.45, 7) is 3.26. The molecule has 0 saturated carbocycles. The van der Waals surface area contributed by atoms with Crippen molar-refractivity contribution in [3.05, 3.63) is 23.8 Å². The number of ether oxygens (including phenoxy) is 3. The number of rotatable bonds is 5. The van der Waals surface area contributed by atoms with Gasteiger partial charge in [-0.05, 0) is 44.8 Å². The quantitative estimate of drug-likeness (QED) is 0.901. The Kier molecular flexibility index (Phi) is 5.41. The molecule has 2 heterocycles. The number of nitrogens with zero attached hydrogens (tertiary/aromatic N) is 1. The summed E-state index contributed by atoms with van der Waals surface area (Å²) >= 11 is 0. The van der Waals surface area contributed by atoms with Crippen molar-refractivity contribution in [3.63, 3.8) is 0 Å². The minimum atomic E-state index is 0.117. The van der Waals surface area contributed by atoms with Crippen LogP contribution in [0, 0.1) is 5.92 Å². The topological polar surface area (TPSA) is 57.0 Å². The molecule has 128 valence electrons. The van der Waals surface area contributed by atoms with E-state index in [1.54, 1.807) is 7.11 Å². The summed E-state index contributed by atoms with van der Waals surface area (Å²) in [4.78, 5) is 2.36. The van der Waals surface area contributed by atoms with Crippen molar-refractivity contribution in [2.45, 2.75) is 31.4 Å². The molecule has 1 aromatic carbocycles. The lowest BCUT2D eigenvalue weighted by atomic mass is 9.98. The lowest BCUT2D eigenvalue weighted by Crippen LogP contribution is -2.28. The molecular formula is C18H28N2O3. The van der Waals surface area contributed by atoms with Crippen LogP contribution in [-0.2, 0) is 4.74 Å². The van der Waals surface area contributed by atoms with Gasteiger partial charge in [0.25, 0.3) is 0 Å². The van der Waals surface area contributed by atoms with Gasteiger partial charge in [0.15, 0.2) is 11.5 Å². The zero-order valence-corrected chi connectivity index (χ0v) is 14.2. The fourth-order valence-corrected chi connectivity index (χ4v) is 3.73. The maximum atomic E-state index is 6.17. The zero-order valence-electron chi connectivity index (χ0n) is 14.2. The van der Waals surface area contributed by atoms with Crippen LogP contribution in [0.1, 0.15) is 30.9 Å². The second kappa shape index (κ2) is 7.51. The average Bonchev–Trinajstić information content (AvgIpc) is 2.96. The molecular weight excluding hydrogens is 292 g/mol. The van der Waals surface area contributed by atoms with E-state index in [-0.39, 0.29) is 6.10 Å². The highest BCUT2D eigenvalue weighted by Crippen LogP contribution is 2.42. The molecule has 23 heavy (non-hydrogen) atoms. The van der Waals surface area contributed by atoms with Crippen molar-refractivity contribution in [1.29, 1.82) is 0 Å². The normalized spacial score (nSPS) is 28.7. The summed E-state index contributed by atoms with van der Waals surface area (Å²) in [6.07, 6.45) is 3.27. The van der Waals surface area contributed by atoms with Crippen LogP contribution < -0.4 is 15.2 Å². The van der Waals surface area contributed by atoms with Crippen molar-refractivity contribution in [2.24, 2.45) is 11.7 Å². The molecule has 0 aromatic heterocycles. The highest BCUT2D eigenvalue weighted by Gasteiger charge is 2.32. The van der Waals surface area contributed by atoms with Crippen LogP contribution in [0.4, 0.5) is 0 Å². The Hall–Kier alpha value is -1.30. The molecule has 0 bridgehead atoms. The van der Waals surface area contributed by atoms with Gasteiger partial charge in [0, 0.05) is 24.8 Å². The Labute approximate surface area is 138 Å². The highest BCUT2D eigenvalue weighted by molar-refractivity contribution is 5.48. The van der Waals surface area contributed by atoms with E-state index >= 15 is 0 Å². The van der Waals surface area contributed by atoms with Crippen molar-refractivity contribution in [2.75, 3.05) is 40.5 Å². The van der Waals surface area contributed by atoms with Crippen molar-refractivity contribution in [3.8, 4) is 11.5 Å². The Morgan fingerprint density at radius 1 is 1.39 bits per heavy atom. The summed E-state index contributed by atoms with van der Waals surface area (Å²) in [5.74, 6) is 2.23.